The Balaban J connectivity index is 1.61. The Morgan fingerprint density at radius 1 is 0.804 bits per heavy atom. The number of aromatic nitrogens is 1. The number of hydrogen-bond acceptors (Lipinski definition) is 9. The van der Waals surface area contributed by atoms with Gasteiger partial charge in [0.05, 0.1) is 40.0 Å². The number of pyridine rings is 1. The summed E-state index contributed by atoms with van der Waals surface area (Å²) in [5.74, 6) is -5.37. The molecule has 0 spiro atoms. The summed E-state index contributed by atoms with van der Waals surface area (Å²) in [6, 6.07) is 12.1. The molecule has 0 radical (unpaired) electrons. The minimum Gasteiger partial charge on any atom is -0.358 e. The normalized spacial score (nSPS) is 30.3. The molecule has 2 bridgehead atoms. The molecule has 11 nitrogen and oxygen atoms in total. The number of amides is 4. The minimum absolute atomic E-state index is 0.236. The van der Waals surface area contributed by atoms with Crippen LogP contribution in [0, 0.1) is 34.0 Å². The Bertz CT molecular complexity index is 1740. The molecule has 1 aromatic heterocycles. The molecule has 4 unspecified atom stereocenters. The summed E-state index contributed by atoms with van der Waals surface area (Å²) in [6.07, 6.45) is 1.56. The number of hydrogen-bond donors (Lipinski definition) is 0. The lowest BCUT2D eigenvalue weighted by molar-refractivity contribution is -0.175. The fraction of sp³-hybridized carbons (Fsp3) is 0.514. The van der Waals surface area contributed by atoms with E-state index in [1.165, 1.54) is 0 Å². The molecule has 2 aliphatic heterocycles. The monoisotopic (exact) mass is 625 g/mol. The number of carbonyl (C=O) groups is 4. The zero-order chi connectivity index (χ0) is 34.0. The Labute approximate surface area is 268 Å². The Morgan fingerprint density at radius 3 is 1.80 bits per heavy atom. The van der Waals surface area contributed by atoms with Crippen LogP contribution in [-0.2, 0) is 28.7 Å². The van der Waals surface area contributed by atoms with Crippen LogP contribution >= 0.6 is 0 Å². The Hall–Kier alpha value is -4.27. The summed E-state index contributed by atoms with van der Waals surface area (Å²) in [7, 11) is 0. The van der Waals surface area contributed by atoms with Crippen molar-refractivity contribution < 1.29 is 28.7 Å². The van der Waals surface area contributed by atoms with Gasteiger partial charge in [-0.2, -0.15) is 5.26 Å². The highest BCUT2D eigenvalue weighted by molar-refractivity contribution is 6.32. The molecule has 0 N–H and O–H groups in total. The molecule has 4 amide bonds. The molecule has 4 aliphatic rings. The number of guanidine groups is 1. The van der Waals surface area contributed by atoms with Gasteiger partial charge in [-0.25, -0.2) is 14.8 Å². The van der Waals surface area contributed by atoms with E-state index >= 15 is 0 Å². The molecule has 2 saturated heterocycles. The van der Waals surface area contributed by atoms with Crippen molar-refractivity contribution in [3.63, 3.8) is 0 Å². The van der Waals surface area contributed by atoms with Gasteiger partial charge in [-0.15, -0.1) is 0 Å². The lowest BCUT2D eigenvalue weighted by Crippen LogP contribution is -2.59. The van der Waals surface area contributed by atoms with E-state index in [4.69, 9.17) is 14.5 Å². The molecular weight excluding hydrogens is 586 g/mol. The lowest BCUT2D eigenvalue weighted by atomic mass is 10.0. The largest absolute Gasteiger partial charge is 0.358 e. The predicted octanol–water partition coefficient (Wildman–Crippen LogP) is 4.77. The number of rotatable bonds is 4. The van der Waals surface area contributed by atoms with Crippen LogP contribution in [0.3, 0.4) is 0 Å². The minimum atomic E-state index is -1.74. The second-order valence-electron chi connectivity index (χ2n) is 15.6. The van der Waals surface area contributed by atoms with E-state index in [1.54, 1.807) is 112 Å². The number of fused-ring (bicyclic) bond motifs is 4. The standard InChI is InChI=1S/C35H39N5O6/c1-30(2,3)45-34-23(32(34,7)8)25(41)39-26(42)24-33(9,10)35(24,46-31(4,5)6)28(44)40(27(34)43)29(39)38-21-15-11-13-19(17-21)22-20(18-36)14-12-16-37-22/h11-17,23-24H,1-10H3. The van der Waals surface area contributed by atoms with Crippen molar-refractivity contribution in [2.45, 2.75) is 91.6 Å². The van der Waals surface area contributed by atoms with E-state index in [0.29, 0.717) is 16.8 Å². The van der Waals surface area contributed by atoms with E-state index in [2.05, 4.69) is 11.1 Å². The number of nitrogens with zero attached hydrogens (tertiary/aromatic N) is 5. The van der Waals surface area contributed by atoms with Crippen LogP contribution in [0.1, 0.15) is 74.8 Å². The summed E-state index contributed by atoms with van der Waals surface area (Å²) in [5, 5.41) is 9.65. The summed E-state index contributed by atoms with van der Waals surface area (Å²) in [5.41, 5.74) is -5.78. The number of benzene rings is 1. The van der Waals surface area contributed by atoms with E-state index in [1.807, 2.05) is 0 Å². The third-order valence-corrected chi connectivity index (χ3v) is 9.59. The summed E-state index contributed by atoms with van der Waals surface area (Å²) < 4.78 is 12.9. The lowest BCUT2D eigenvalue weighted by Gasteiger charge is -2.36. The Morgan fingerprint density at radius 2 is 1.33 bits per heavy atom. The first-order valence-electron chi connectivity index (χ1n) is 15.4. The average Bonchev–Trinajstić information content (AvgIpc) is 3.67. The molecule has 11 heteroatoms. The van der Waals surface area contributed by atoms with Crippen molar-refractivity contribution in [2.24, 2.45) is 27.7 Å². The van der Waals surface area contributed by atoms with Gasteiger partial charge < -0.3 is 9.47 Å². The van der Waals surface area contributed by atoms with Gasteiger partial charge in [0, 0.05) is 22.6 Å². The van der Waals surface area contributed by atoms with Crippen molar-refractivity contribution >= 4 is 35.3 Å². The molecule has 240 valence electrons. The van der Waals surface area contributed by atoms with Crippen molar-refractivity contribution in [2.75, 3.05) is 0 Å². The van der Waals surface area contributed by atoms with Crippen LogP contribution in [0.2, 0.25) is 0 Å². The average molecular weight is 626 g/mol. The van der Waals surface area contributed by atoms with Crippen LogP contribution in [0.5, 0.6) is 0 Å². The molecule has 1 aromatic carbocycles. The topological polar surface area (TPSA) is 142 Å². The van der Waals surface area contributed by atoms with Gasteiger partial charge in [-0.3, -0.25) is 24.2 Å². The fourth-order valence-electron chi connectivity index (χ4n) is 7.58. The molecule has 2 aliphatic carbocycles. The van der Waals surface area contributed by atoms with Crippen LogP contribution in [0.4, 0.5) is 5.69 Å². The SMILES string of the molecule is CC(C)(C)OC12C(=O)N3C(=O)C4(OC(C)(C)C)C(C(=O)N(C(=O)C1C2(C)C)C3=Nc1cccc(-c2ncccc2C#N)c1)C4(C)C. The summed E-state index contributed by atoms with van der Waals surface area (Å²) in [6.45, 7) is 17.6. The van der Waals surface area contributed by atoms with E-state index in [0.717, 1.165) is 9.80 Å². The quantitative estimate of drug-likeness (QED) is 0.443. The number of carbonyl (C=O) groups excluding carboxylic acids is 4. The van der Waals surface area contributed by atoms with E-state index in [9.17, 15) is 24.4 Å². The maximum Gasteiger partial charge on any atom is 0.269 e. The highest BCUT2D eigenvalue weighted by Crippen LogP contribution is 2.72. The first kappa shape index (κ1) is 31.7. The molecule has 2 saturated carbocycles. The number of aliphatic imine (C=N–C) groups is 1. The van der Waals surface area contributed by atoms with Crippen LogP contribution in [0.25, 0.3) is 11.3 Å². The zero-order valence-corrected chi connectivity index (χ0v) is 27.9. The fourth-order valence-corrected chi connectivity index (χ4v) is 7.58. The van der Waals surface area contributed by atoms with Gasteiger partial charge in [-0.1, -0.05) is 39.8 Å². The number of nitriles is 1. The highest BCUT2D eigenvalue weighted by Gasteiger charge is 2.90. The molecule has 46 heavy (non-hydrogen) atoms. The highest BCUT2D eigenvalue weighted by atomic mass is 16.5. The summed E-state index contributed by atoms with van der Waals surface area (Å²) >= 11 is 0. The van der Waals surface area contributed by atoms with Gasteiger partial charge in [0.15, 0.2) is 11.2 Å². The van der Waals surface area contributed by atoms with Gasteiger partial charge >= 0.3 is 0 Å². The zero-order valence-electron chi connectivity index (χ0n) is 27.9. The van der Waals surface area contributed by atoms with Gasteiger partial charge in [0.25, 0.3) is 11.8 Å². The number of imide groups is 2. The third kappa shape index (κ3) is 4.09. The van der Waals surface area contributed by atoms with E-state index in [-0.39, 0.29) is 5.69 Å². The first-order valence-corrected chi connectivity index (χ1v) is 15.4. The molecule has 6 rings (SSSR count). The molecule has 4 fully saturated rings. The van der Waals surface area contributed by atoms with Gasteiger partial charge in [-0.05, 0) is 65.8 Å². The predicted molar refractivity (Wildman–Crippen MR) is 167 cm³/mol. The van der Waals surface area contributed by atoms with Crippen LogP contribution in [0.15, 0.2) is 47.6 Å². The molecular formula is C35H39N5O6. The molecule has 4 atom stereocenters. The molecule has 2 aromatic rings. The third-order valence-electron chi connectivity index (χ3n) is 9.59. The van der Waals surface area contributed by atoms with Crippen molar-refractivity contribution in [3.05, 3.63) is 48.2 Å². The van der Waals surface area contributed by atoms with Crippen LogP contribution < -0.4 is 0 Å². The van der Waals surface area contributed by atoms with E-state index < -0.39 is 74.7 Å². The number of ether oxygens (including phenoxy) is 2. The Kier molecular flexibility index (Phi) is 6.47. The molecule has 3 heterocycles. The smallest absolute Gasteiger partial charge is 0.269 e. The van der Waals surface area contributed by atoms with Gasteiger partial charge in [0.1, 0.15) is 6.07 Å². The van der Waals surface area contributed by atoms with Crippen LogP contribution in [-0.4, -0.2) is 66.8 Å². The summed E-state index contributed by atoms with van der Waals surface area (Å²) in [4.78, 5) is 70.0. The van der Waals surface area contributed by atoms with Crippen molar-refractivity contribution in [1.82, 2.24) is 14.8 Å². The first-order chi connectivity index (χ1) is 21.2. The van der Waals surface area contributed by atoms with Gasteiger partial charge in [0.2, 0.25) is 17.8 Å². The van der Waals surface area contributed by atoms with Crippen molar-refractivity contribution in [1.29, 1.82) is 5.26 Å². The maximum atomic E-state index is 15.0. The maximum absolute atomic E-state index is 15.0. The second kappa shape index (κ2) is 9.39. The van der Waals surface area contributed by atoms with Crippen molar-refractivity contribution in [3.8, 4) is 17.3 Å². The second-order valence-corrected chi connectivity index (χ2v) is 15.6.